The first kappa shape index (κ1) is 10.2. The van der Waals surface area contributed by atoms with E-state index in [1.165, 1.54) is 6.08 Å². The highest BCUT2D eigenvalue weighted by Crippen LogP contribution is 1.91. The standard InChI is InChI=1S/C8H14O3/c1-3-4-8(10)11-6-5-7(2)9/h3-4,7,9H,5-6H2,1-2H3. The molecule has 0 aliphatic carbocycles. The zero-order valence-electron chi connectivity index (χ0n) is 6.91. The maximum absolute atomic E-state index is 10.6. The van der Waals surface area contributed by atoms with Gasteiger partial charge in [-0.05, 0) is 13.8 Å². The first-order valence-electron chi connectivity index (χ1n) is 3.64. The summed E-state index contributed by atoms with van der Waals surface area (Å²) in [7, 11) is 0. The van der Waals surface area contributed by atoms with Gasteiger partial charge in [0.15, 0.2) is 0 Å². The summed E-state index contributed by atoms with van der Waals surface area (Å²) in [5, 5.41) is 8.79. The molecule has 0 aliphatic rings. The van der Waals surface area contributed by atoms with Crippen LogP contribution in [0, 0.1) is 0 Å². The summed E-state index contributed by atoms with van der Waals surface area (Å²) in [6, 6.07) is 0. The summed E-state index contributed by atoms with van der Waals surface area (Å²) in [5.74, 6) is -0.354. The van der Waals surface area contributed by atoms with E-state index in [0.717, 1.165) is 0 Å². The molecule has 0 bridgehead atoms. The van der Waals surface area contributed by atoms with Crippen LogP contribution in [0.5, 0.6) is 0 Å². The Bertz CT molecular complexity index is 138. The number of hydrogen-bond donors (Lipinski definition) is 1. The van der Waals surface area contributed by atoms with Gasteiger partial charge in [0.1, 0.15) is 0 Å². The van der Waals surface area contributed by atoms with Crippen molar-refractivity contribution in [2.24, 2.45) is 0 Å². The predicted octanol–water partition coefficient (Wildman–Crippen LogP) is 0.877. The molecule has 0 amide bonds. The van der Waals surface area contributed by atoms with Gasteiger partial charge in [0.05, 0.1) is 12.7 Å². The normalized spacial score (nSPS) is 13.4. The molecule has 0 spiro atoms. The number of aliphatic hydroxyl groups is 1. The van der Waals surface area contributed by atoms with E-state index >= 15 is 0 Å². The van der Waals surface area contributed by atoms with Crippen molar-refractivity contribution in [2.75, 3.05) is 6.61 Å². The number of esters is 1. The molecule has 0 fully saturated rings. The summed E-state index contributed by atoms with van der Waals surface area (Å²) in [4.78, 5) is 10.6. The van der Waals surface area contributed by atoms with E-state index < -0.39 is 6.10 Å². The highest BCUT2D eigenvalue weighted by molar-refractivity contribution is 5.81. The Balaban J connectivity index is 3.32. The van der Waals surface area contributed by atoms with Crippen LogP contribution in [0.2, 0.25) is 0 Å². The average molecular weight is 158 g/mol. The molecule has 0 aromatic heterocycles. The van der Waals surface area contributed by atoms with E-state index in [4.69, 9.17) is 9.84 Å². The summed E-state index contributed by atoms with van der Waals surface area (Å²) in [6.45, 7) is 3.68. The zero-order chi connectivity index (χ0) is 8.69. The summed E-state index contributed by atoms with van der Waals surface area (Å²) >= 11 is 0. The van der Waals surface area contributed by atoms with Crippen LogP contribution in [0.3, 0.4) is 0 Å². The molecule has 1 unspecified atom stereocenters. The first-order chi connectivity index (χ1) is 5.16. The van der Waals surface area contributed by atoms with Crippen molar-refractivity contribution in [2.45, 2.75) is 26.4 Å². The van der Waals surface area contributed by atoms with E-state index in [9.17, 15) is 4.79 Å². The molecule has 0 heterocycles. The van der Waals surface area contributed by atoms with Crippen molar-refractivity contribution >= 4 is 5.97 Å². The lowest BCUT2D eigenvalue weighted by molar-refractivity contribution is -0.138. The van der Waals surface area contributed by atoms with Gasteiger partial charge in [0, 0.05) is 12.5 Å². The minimum absolute atomic E-state index is 0.279. The van der Waals surface area contributed by atoms with E-state index in [-0.39, 0.29) is 12.6 Å². The number of carbonyl (C=O) groups excluding carboxylic acids is 1. The lowest BCUT2D eigenvalue weighted by atomic mass is 10.3. The van der Waals surface area contributed by atoms with Gasteiger partial charge < -0.3 is 9.84 Å². The van der Waals surface area contributed by atoms with Crippen LogP contribution in [0.1, 0.15) is 20.3 Å². The van der Waals surface area contributed by atoms with Crippen molar-refractivity contribution in [3.05, 3.63) is 12.2 Å². The smallest absolute Gasteiger partial charge is 0.330 e. The summed E-state index contributed by atoms with van der Waals surface area (Å²) in [6.07, 6.45) is 3.05. The van der Waals surface area contributed by atoms with Crippen molar-refractivity contribution in [1.29, 1.82) is 0 Å². The molecule has 0 saturated heterocycles. The highest BCUT2D eigenvalue weighted by Gasteiger charge is 1.98. The van der Waals surface area contributed by atoms with E-state index in [1.807, 2.05) is 0 Å². The van der Waals surface area contributed by atoms with Crippen molar-refractivity contribution in [3.8, 4) is 0 Å². The van der Waals surface area contributed by atoms with Gasteiger partial charge in [0.25, 0.3) is 0 Å². The lowest BCUT2D eigenvalue weighted by Gasteiger charge is -2.03. The third-order valence-electron chi connectivity index (χ3n) is 1.08. The van der Waals surface area contributed by atoms with Crippen LogP contribution in [-0.2, 0) is 9.53 Å². The number of allylic oxidation sites excluding steroid dienone is 1. The van der Waals surface area contributed by atoms with E-state index in [2.05, 4.69) is 0 Å². The van der Waals surface area contributed by atoms with Gasteiger partial charge in [-0.3, -0.25) is 0 Å². The van der Waals surface area contributed by atoms with Crippen LogP contribution >= 0.6 is 0 Å². The predicted molar refractivity (Wildman–Crippen MR) is 42.1 cm³/mol. The minimum atomic E-state index is -0.409. The average Bonchev–Trinajstić information content (AvgIpc) is 1.87. The topological polar surface area (TPSA) is 46.5 Å². The van der Waals surface area contributed by atoms with Gasteiger partial charge in [0.2, 0.25) is 0 Å². The fraction of sp³-hybridized carbons (Fsp3) is 0.625. The molecule has 64 valence electrons. The molecule has 3 nitrogen and oxygen atoms in total. The molecule has 1 atom stereocenters. The number of rotatable bonds is 4. The Morgan fingerprint density at radius 3 is 2.82 bits per heavy atom. The Kier molecular flexibility index (Phi) is 5.47. The maximum Gasteiger partial charge on any atom is 0.330 e. The SMILES string of the molecule is CC=CC(=O)OCCC(C)O. The third-order valence-corrected chi connectivity index (χ3v) is 1.08. The van der Waals surface area contributed by atoms with E-state index in [0.29, 0.717) is 6.42 Å². The zero-order valence-corrected chi connectivity index (χ0v) is 6.91. The van der Waals surface area contributed by atoms with Gasteiger partial charge >= 0.3 is 5.97 Å². The van der Waals surface area contributed by atoms with Gasteiger partial charge in [-0.2, -0.15) is 0 Å². The van der Waals surface area contributed by atoms with Crippen LogP contribution < -0.4 is 0 Å². The fourth-order valence-corrected chi connectivity index (χ4v) is 0.514. The largest absolute Gasteiger partial charge is 0.462 e. The van der Waals surface area contributed by atoms with Gasteiger partial charge in [-0.1, -0.05) is 6.08 Å². The molecule has 0 aliphatic heterocycles. The molecule has 3 heteroatoms. The minimum Gasteiger partial charge on any atom is -0.462 e. The van der Waals surface area contributed by atoms with Crippen molar-refractivity contribution in [1.82, 2.24) is 0 Å². The fourth-order valence-electron chi connectivity index (χ4n) is 0.514. The molecular weight excluding hydrogens is 144 g/mol. The molecule has 1 N–H and O–H groups in total. The Labute approximate surface area is 66.7 Å². The Morgan fingerprint density at radius 1 is 1.73 bits per heavy atom. The Morgan fingerprint density at radius 2 is 2.36 bits per heavy atom. The second kappa shape index (κ2) is 5.92. The molecule has 11 heavy (non-hydrogen) atoms. The quantitative estimate of drug-likeness (QED) is 0.488. The van der Waals surface area contributed by atoms with Crippen LogP contribution in [0.4, 0.5) is 0 Å². The lowest BCUT2D eigenvalue weighted by Crippen LogP contribution is -2.08. The van der Waals surface area contributed by atoms with Crippen LogP contribution in [-0.4, -0.2) is 23.8 Å². The number of aliphatic hydroxyl groups excluding tert-OH is 1. The number of carbonyl (C=O) groups is 1. The maximum atomic E-state index is 10.6. The second-order valence-electron chi connectivity index (χ2n) is 2.31. The van der Waals surface area contributed by atoms with Gasteiger partial charge in [-0.25, -0.2) is 4.79 Å². The van der Waals surface area contributed by atoms with E-state index in [1.54, 1.807) is 19.9 Å². The molecule has 0 aromatic carbocycles. The van der Waals surface area contributed by atoms with Gasteiger partial charge in [-0.15, -0.1) is 0 Å². The van der Waals surface area contributed by atoms with Crippen LogP contribution in [0.15, 0.2) is 12.2 Å². The van der Waals surface area contributed by atoms with Crippen molar-refractivity contribution < 1.29 is 14.6 Å². The molecule has 0 radical (unpaired) electrons. The van der Waals surface area contributed by atoms with Crippen LogP contribution in [0.25, 0.3) is 0 Å². The van der Waals surface area contributed by atoms with Crippen molar-refractivity contribution in [3.63, 3.8) is 0 Å². The molecule has 0 aromatic rings. The first-order valence-corrected chi connectivity index (χ1v) is 3.64. The molecule has 0 rings (SSSR count). The third kappa shape index (κ3) is 7.06. The monoisotopic (exact) mass is 158 g/mol. The number of ether oxygens (including phenoxy) is 1. The summed E-state index contributed by atoms with van der Waals surface area (Å²) in [5.41, 5.74) is 0. The number of hydrogen-bond acceptors (Lipinski definition) is 3. The molecule has 0 saturated carbocycles. The summed E-state index contributed by atoms with van der Waals surface area (Å²) < 4.78 is 4.71. The Hall–Kier alpha value is -0.830. The highest BCUT2D eigenvalue weighted by atomic mass is 16.5. The second-order valence-corrected chi connectivity index (χ2v) is 2.31. The molecular formula is C8H14O3.